The predicted molar refractivity (Wildman–Crippen MR) is 122 cm³/mol. The molecular weight excluding hydrogens is 430 g/mol. The van der Waals surface area contributed by atoms with Crippen molar-refractivity contribution in [1.29, 1.82) is 0 Å². The highest BCUT2D eigenvalue weighted by Gasteiger charge is 2.32. The van der Waals surface area contributed by atoms with Crippen molar-refractivity contribution >= 4 is 21.8 Å². The number of ether oxygens (including phenoxy) is 1. The number of carbonyl (C=O) groups is 2. The average Bonchev–Trinajstić information content (AvgIpc) is 3.61. The molecule has 1 aliphatic heterocycles. The van der Waals surface area contributed by atoms with Gasteiger partial charge in [0.15, 0.2) is 0 Å². The molecule has 0 aromatic heterocycles. The molecule has 1 unspecified atom stereocenters. The largest absolute Gasteiger partial charge is 0.495 e. The number of methoxy groups -OCH3 is 1. The van der Waals surface area contributed by atoms with E-state index in [2.05, 4.69) is 17.0 Å². The first-order valence-electron chi connectivity index (χ1n) is 11.6. The first-order chi connectivity index (χ1) is 15.4. The molecule has 1 heterocycles. The zero-order chi connectivity index (χ0) is 23.1. The predicted octanol–water partition coefficient (Wildman–Crippen LogP) is 2.68. The third kappa shape index (κ3) is 6.45. The molecule has 8 nitrogen and oxygen atoms in total. The lowest BCUT2D eigenvalue weighted by Gasteiger charge is -2.32. The van der Waals surface area contributed by atoms with Gasteiger partial charge < -0.3 is 15.0 Å². The van der Waals surface area contributed by atoms with Crippen molar-refractivity contribution in [2.24, 2.45) is 5.92 Å². The number of nitrogens with one attached hydrogen (secondary N) is 2. The van der Waals surface area contributed by atoms with Gasteiger partial charge in [0, 0.05) is 31.2 Å². The van der Waals surface area contributed by atoms with Gasteiger partial charge in [0.2, 0.25) is 15.9 Å². The summed E-state index contributed by atoms with van der Waals surface area (Å²) >= 11 is 0. The highest BCUT2D eigenvalue weighted by Crippen LogP contribution is 2.29. The van der Waals surface area contributed by atoms with Crippen LogP contribution in [0.25, 0.3) is 0 Å². The molecule has 2 fully saturated rings. The van der Waals surface area contributed by atoms with Gasteiger partial charge in [0.25, 0.3) is 5.91 Å². The van der Waals surface area contributed by atoms with Gasteiger partial charge in [-0.3, -0.25) is 9.59 Å². The Kier molecular flexibility index (Phi) is 8.53. The van der Waals surface area contributed by atoms with E-state index >= 15 is 0 Å². The lowest BCUT2D eigenvalue weighted by Crippen LogP contribution is -2.45. The second-order valence-corrected chi connectivity index (χ2v) is 10.4. The third-order valence-corrected chi connectivity index (χ3v) is 7.55. The Morgan fingerprint density at radius 1 is 1.16 bits per heavy atom. The van der Waals surface area contributed by atoms with Crippen LogP contribution in [-0.4, -0.2) is 57.9 Å². The molecule has 178 valence electrons. The summed E-state index contributed by atoms with van der Waals surface area (Å²) in [6, 6.07) is 4.42. The number of hydrogen-bond donors (Lipinski definition) is 2. The maximum atomic E-state index is 13.2. The third-order valence-electron chi connectivity index (χ3n) is 6.01. The Labute approximate surface area is 191 Å². The molecule has 0 bridgehead atoms. The Bertz CT molecular complexity index is 914. The maximum Gasteiger partial charge on any atom is 0.253 e. The molecular formula is C23H35N3O5S. The molecule has 1 saturated heterocycles. The molecule has 9 heteroatoms. The number of likely N-dealkylation sites (tertiary alicyclic amines) is 1. The van der Waals surface area contributed by atoms with E-state index in [0.717, 1.165) is 51.4 Å². The lowest BCUT2D eigenvalue weighted by molar-refractivity contribution is -0.126. The Balaban J connectivity index is 1.66. The van der Waals surface area contributed by atoms with Gasteiger partial charge in [-0.1, -0.05) is 26.2 Å². The number of unbranched alkanes of at least 4 members (excludes halogenated alkanes) is 3. The fraction of sp³-hybridized carbons (Fsp3) is 0.652. The number of amides is 2. The van der Waals surface area contributed by atoms with Crippen LogP contribution < -0.4 is 14.8 Å². The first-order valence-corrected chi connectivity index (χ1v) is 13.1. The van der Waals surface area contributed by atoms with Crippen LogP contribution in [-0.2, 0) is 14.8 Å². The van der Waals surface area contributed by atoms with Gasteiger partial charge in [-0.15, -0.1) is 0 Å². The Morgan fingerprint density at radius 2 is 1.94 bits per heavy atom. The van der Waals surface area contributed by atoms with Crippen molar-refractivity contribution in [1.82, 2.24) is 14.9 Å². The van der Waals surface area contributed by atoms with E-state index in [9.17, 15) is 18.0 Å². The van der Waals surface area contributed by atoms with E-state index in [4.69, 9.17) is 4.74 Å². The minimum atomic E-state index is -3.78. The van der Waals surface area contributed by atoms with Crippen molar-refractivity contribution < 1.29 is 22.7 Å². The van der Waals surface area contributed by atoms with Crippen LogP contribution in [0.2, 0.25) is 0 Å². The highest BCUT2D eigenvalue weighted by molar-refractivity contribution is 7.89. The minimum absolute atomic E-state index is 0.00868. The average molecular weight is 466 g/mol. The molecule has 1 saturated carbocycles. The number of rotatable bonds is 11. The minimum Gasteiger partial charge on any atom is -0.495 e. The van der Waals surface area contributed by atoms with Crippen molar-refractivity contribution in [3.8, 4) is 5.75 Å². The normalized spacial score (nSPS) is 18.9. The van der Waals surface area contributed by atoms with Gasteiger partial charge in [-0.05, 0) is 50.3 Å². The second kappa shape index (κ2) is 11.1. The maximum absolute atomic E-state index is 13.2. The van der Waals surface area contributed by atoms with E-state index in [1.54, 1.807) is 11.0 Å². The summed E-state index contributed by atoms with van der Waals surface area (Å²) in [5.74, 6) is -0.313. The number of carbonyl (C=O) groups excluding carboxylic acids is 2. The first kappa shape index (κ1) is 24.5. The van der Waals surface area contributed by atoms with Crippen LogP contribution in [0.3, 0.4) is 0 Å². The van der Waals surface area contributed by atoms with E-state index < -0.39 is 10.0 Å². The van der Waals surface area contributed by atoms with Gasteiger partial charge in [-0.2, -0.15) is 0 Å². The van der Waals surface area contributed by atoms with Gasteiger partial charge >= 0.3 is 0 Å². The standard InChI is InChI=1S/C23H35N3O5S/c1-3-4-5-6-13-24-22(27)18-8-7-14-26(16-18)23(28)17-9-12-20(31-2)21(15-17)32(29,30)25-19-10-11-19/h9,12,15,18-19,25H,3-8,10-11,13-14,16H2,1-2H3,(H,24,27). The zero-order valence-electron chi connectivity index (χ0n) is 19.1. The van der Waals surface area contributed by atoms with Crippen molar-refractivity contribution in [3.63, 3.8) is 0 Å². The SMILES string of the molecule is CCCCCCNC(=O)C1CCCN(C(=O)c2ccc(OC)c(S(=O)(=O)NC3CC3)c2)C1. The fourth-order valence-electron chi connectivity index (χ4n) is 3.97. The topological polar surface area (TPSA) is 105 Å². The monoisotopic (exact) mass is 465 g/mol. The van der Waals surface area contributed by atoms with E-state index in [-0.39, 0.29) is 40.0 Å². The summed E-state index contributed by atoms with van der Waals surface area (Å²) in [6.07, 6.45) is 7.50. The summed E-state index contributed by atoms with van der Waals surface area (Å²) in [6.45, 7) is 3.70. The number of benzene rings is 1. The molecule has 1 atom stereocenters. The van der Waals surface area contributed by atoms with E-state index in [1.165, 1.54) is 19.2 Å². The zero-order valence-corrected chi connectivity index (χ0v) is 19.9. The summed E-state index contributed by atoms with van der Waals surface area (Å²) in [5, 5.41) is 3.00. The molecule has 3 rings (SSSR count). The van der Waals surface area contributed by atoms with Crippen LogP contribution in [0.4, 0.5) is 0 Å². The quantitative estimate of drug-likeness (QED) is 0.489. The Morgan fingerprint density at radius 3 is 2.62 bits per heavy atom. The van der Waals surface area contributed by atoms with Crippen molar-refractivity contribution in [2.45, 2.75) is 69.2 Å². The molecule has 1 aromatic rings. The van der Waals surface area contributed by atoms with Crippen LogP contribution in [0.1, 0.15) is 68.6 Å². The number of sulfonamides is 1. The molecule has 32 heavy (non-hydrogen) atoms. The van der Waals surface area contributed by atoms with Crippen molar-refractivity contribution in [2.75, 3.05) is 26.7 Å². The van der Waals surface area contributed by atoms with Crippen LogP contribution in [0.15, 0.2) is 23.1 Å². The molecule has 0 radical (unpaired) electrons. The summed E-state index contributed by atoms with van der Waals surface area (Å²) in [7, 11) is -2.37. The van der Waals surface area contributed by atoms with Gasteiger partial charge in [0.1, 0.15) is 10.6 Å². The Hall–Kier alpha value is -2.13. The highest BCUT2D eigenvalue weighted by atomic mass is 32.2. The number of nitrogens with zero attached hydrogens (tertiary/aromatic N) is 1. The molecule has 2 amide bonds. The second-order valence-electron chi connectivity index (χ2n) is 8.70. The molecule has 0 spiro atoms. The van der Waals surface area contributed by atoms with Gasteiger partial charge in [0.05, 0.1) is 13.0 Å². The number of hydrogen-bond acceptors (Lipinski definition) is 5. The van der Waals surface area contributed by atoms with Crippen LogP contribution in [0.5, 0.6) is 5.75 Å². The molecule has 1 aromatic carbocycles. The van der Waals surface area contributed by atoms with Crippen molar-refractivity contribution in [3.05, 3.63) is 23.8 Å². The van der Waals surface area contributed by atoms with Crippen LogP contribution in [0, 0.1) is 5.92 Å². The summed E-state index contributed by atoms with van der Waals surface area (Å²) < 4.78 is 33.4. The van der Waals surface area contributed by atoms with Gasteiger partial charge in [-0.25, -0.2) is 13.1 Å². The van der Waals surface area contributed by atoms with Crippen LogP contribution >= 0.6 is 0 Å². The van der Waals surface area contributed by atoms with E-state index in [1.807, 2.05) is 0 Å². The summed E-state index contributed by atoms with van der Waals surface area (Å²) in [5.41, 5.74) is 0.280. The van der Waals surface area contributed by atoms with E-state index in [0.29, 0.717) is 19.6 Å². The molecule has 2 N–H and O–H groups in total. The smallest absolute Gasteiger partial charge is 0.253 e. The molecule has 2 aliphatic rings. The molecule has 1 aliphatic carbocycles. The lowest BCUT2D eigenvalue weighted by atomic mass is 9.96. The summed E-state index contributed by atoms with van der Waals surface area (Å²) in [4.78, 5) is 27.3. The number of piperidine rings is 1. The fourth-order valence-corrected chi connectivity index (χ4v) is 5.47.